The van der Waals surface area contributed by atoms with Crippen molar-refractivity contribution in [2.75, 3.05) is 12.8 Å². The predicted octanol–water partition coefficient (Wildman–Crippen LogP) is 0.223. The maximum absolute atomic E-state index is 10.9. The number of aromatic nitrogens is 4. The van der Waals surface area contributed by atoms with Crippen molar-refractivity contribution < 1.29 is 14.6 Å². The van der Waals surface area contributed by atoms with Gasteiger partial charge in [0, 0.05) is 18.0 Å². The van der Waals surface area contributed by atoms with Gasteiger partial charge in [-0.3, -0.25) is 0 Å². The maximum Gasteiger partial charge on any atom is 0.358 e. The summed E-state index contributed by atoms with van der Waals surface area (Å²) in [6, 6.07) is 0.209. The molecule has 0 aliphatic heterocycles. The number of carboxylic acid groups (broad SMARTS) is 1. The molecule has 0 radical (unpaired) electrons. The lowest BCUT2D eigenvalue weighted by atomic mass is 10.2. The minimum Gasteiger partial charge on any atom is -0.476 e. The molecule has 0 aliphatic rings. The molecule has 2 aromatic heterocycles. The van der Waals surface area contributed by atoms with Gasteiger partial charge in [-0.05, 0) is 0 Å². The molecule has 18 heavy (non-hydrogen) atoms. The summed E-state index contributed by atoms with van der Waals surface area (Å²) in [7, 11) is 1.45. The molecule has 2 rings (SSSR count). The molecule has 0 spiro atoms. The average Bonchev–Trinajstić information content (AvgIpc) is 2.39. The number of ether oxygens (including phenoxy) is 1. The first-order chi connectivity index (χ1) is 8.61. The molecular weight excluding hydrogens is 238 g/mol. The third-order valence-corrected chi connectivity index (χ3v) is 2.11. The van der Waals surface area contributed by atoms with Gasteiger partial charge in [-0.1, -0.05) is 0 Å². The van der Waals surface area contributed by atoms with E-state index >= 15 is 0 Å². The molecule has 0 bridgehead atoms. The molecular formula is C10H9N5O3. The van der Waals surface area contributed by atoms with Crippen LogP contribution in [0.3, 0.4) is 0 Å². The van der Waals surface area contributed by atoms with E-state index in [9.17, 15) is 4.79 Å². The van der Waals surface area contributed by atoms with Gasteiger partial charge in [0.15, 0.2) is 11.5 Å². The fourth-order valence-electron chi connectivity index (χ4n) is 1.25. The number of carboxylic acids is 1. The quantitative estimate of drug-likeness (QED) is 0.789. The number of carbonyl (C=O) groups is 1. The first-order valence-corrected chi connectivity index (χ1v) is 4.84. The van der Waals surface area contributed by atoms with Crippen LogP contribution in [0.2, 0.25) is 0 Å². The lowest BCUT2D eigenvalue weighted by molar-refractivity contribution is 0.0691. The largest absolute Gasteiger partial charge is 0.476 e. The molecule has 0 aliphatic carbocycles. The molecule has 0 saturated carbocycles. The van der Waals surface area contributed by atoms with Crippen molar-refractivity contribution in [3.8, 4) is 17.3 Å². The third-order valence-electron chi connectivity index (χ3n) is 2.11. The summed E-state index contributed by atoms with van der Waals surface area (Å²) in [6.07, 6.45) is 4.27. The van der Waals surface area contributed by atoms with Crippen LogP contribution in [0.25, 0.3) is 11.3 Å². The Morgan fingerprint density at radius 1 is 1.28 bits per heavy atom. The fraction of sp³-hybridized carbons (Fsp3) is 0.100. The monoisotopic (exact) mass is 247 g/mol. The number of aromatic carboxylic acids is 1. The van der Waals surface area contributed by atoms with Crippen LogP contribution in [0.5, 0.6) is 6.01 Å². The zero-order valence-corrected chi connectivity index (χ0v) is 9.36. The molecule has 92 valence electrons. The zero-order valence-electron chi connectivity index (χ0n) is 9.36. The van der Waals surface area contributed by atoms with E-state index in [1.807, 2.05) is 0 Å². The Morgan fingerprint density at radius 3 is 2.50 bits per heavy atom. The van der Waals surface area contributed by atoms with E-state index in [0.29, 0.717) is 11.3 Å². The highest BCUT2D eigenvalue weighted by molar-refractivity contribution is 5.90. The first-order valence-electron chi connectivity index (χ1n) is 4.84. The van der Waals surface area contributed by atoms with E-state index in [2.05, 4.69) is 19.9 Å². The molecule has 3 N–H and O–H groups in total. The van der Waals surface area contributed by atoms with Crippen LogP contribution in [0, 0.1) is 0 Å². The van der Waals surface area contributed by atoms with Crippen molar-refractivity contribution in [3.63, 3.8) is 0 Å². The van der Waals surface area contributed by atoms with Crippen LogP contribution in [0.1, 0.15) is 10.5 Å². The normalized spacial score (nSPS) is 10.1. The smallest absolute Gasteiger partial charge is 0.358 e. The van der Waals surface area contributed by atoms with Gasteiger partial charge >= 0.3 is 12.0 Å². The number of nitrogens with zero attached hydrogens (tertiary/aromatic N) is 4. The van der Waals surface area contributed by atoms with Crippen LogP contribution in [-0.2, 0) is 0 Å². The van der Waals surface area contributed by atoms with Gasteiger partial charge in [-0.25, -0.2) is 24.7 Å². The number of nitrogens with two attached hydrogens (primary N) is 1. The topological polar surface area (TPSA) is 124 Å². The lowest BCUT2D eigenvalue weighted by Crippen LogP contribution is -2.08. The number of rotatable bonds is 3. The number of nitrogen functional groups attached to an aromatic ring is 1. The predicted molar refractivity (Wildman–Crippen MR) is 61.0 cm³/mol. The third kappa shape index (κ3) is 2.17. The molecule has 8 heteroatoms. The standard InChI is InChI=1S/C10H9N5O3/c1-18-10-13-2-5(3-14-10)6-4-12-8(11)7(15-6)9(16)17/h2-4H,1H3,(H2,11,12)(H,16,17). The Bertz CT molecular complexity index is 585. The molecule has 0 aromatic carbocycles. The van der Waals surface area contributed by atoms with Crippen molar-refractivity contribution in [2.45, 2.75) is 0 Å². The number of methoxy groups -OCH3 is 1. The minimum atomic E-state index is -1.24. The van der Waals surface area contributed by atoms with Crippen LogP contribution >= 0.6 is 0 Å². The van der Waals surface area contributed by atoms with E-state index in [-0.39, 0.29) is 17.5 Å². The average molecular weight is 247 g/mol. The van der Waals surface area contributed by atoms with E-state index in [0.717, 1.165) is 0 Å². The number of hydrogen-bond acceptors (Lipinski definition) is 7. The van der Waals surface area contributed by atoms with Crippen LogP contribution in [0.4, 0.5) is 5.82 Å². The van der Waals surface area contributed by atoms with Gasteiger partial charge in [0.25, 0.3) is 0 Å². The summed E-state index contributed by atoms with van der Waals surface area (Å²) in [4.78, 5) is 26.3. The SMILES string of the molecule is COc1ncc(-c2cnc(N)c(C(=O)O)n2)cn1. The van der Waals surface area contributed by atoms with Crippen molar-refractivity contribution in [1.82, 2.24) is 19.9 Å². The van der Waals surface area contributed by atoms with Crippen molar-refractivity contribution >= 4 is 11.8 Å². The second-order valence-electron chi connectivity index (χ2n) is 3.25. The summed E-state index contributed by atoms with van der Waals surface area (Å²) >= 11 is 0. The number of anilines is 1. The molecule has 0 atom stereocenters. The molecule has 2 aromatic rings. The van der Waals surface area contributed by atoms with Crippen LogP contribution < -0.4 is 10.5 Å². The van der Waals surface area contributed by atoms with Gasteiger partial charge in [0.1, 0.15) is 0 Å². The Kier molecular flexibility index (Phi) is 3.00. The van der Waals surface area contributed by atoms with E-state index in [4.69, 9.17) is 15.6 Å². The molecule has 0 amide bonds. The highest BCUT2D eigenvalue weighted by Crippen LogP contribution is 2.17. The van der Waals surface area contributed by atoms with E-state index in [1.54, 1.807) is 0 Å². The Labute approximate surface area is 102 Å². The molecule has 0 unspecified atom stereocenters. The summed E-state index contributed by atoms with van der Waals surface area (Å²) in [5.74, 6) is -1.38. The fourth-order valence-corrected chi connectivity index (χ4v) is 1.25. The van der Waals surface area contributed by atoms with Gasteiger partial charge in [-0.2, -0.15) is 0 Å². The molecule has 0 fully saturated rings. The summed E-state index contributed by atoms with van der Waals surface area (Å²) in [5.41, 5.74) is 5.95. The van der Waals surface area contributed by atoms with Crippen molar-refractivity contribution in [2.24, 2.45) is 0 Å². The van der Waals surface area contributed by atoms with Gasteiger partial charge < -0.3 is 15.6 Å². The number of hydrogen-bond donors (Lipinski definition) is 2. The molecule has 2 heterocycles. The second-order valence-corrected chi connectivity index (χ2v) is 3.25. The maximum atomic E-state index is 10.9. The minimum absolute atomic E-state index is 0.138. The van der Waals surface area contributed by atoms with E-state index < -0.39 is 5.97 Å². The second kappa shape index (κ2) is 4.62. The summed E-state index contributed by atoms with van der Waals surface area (Å²) < 4.78 is 4.81. The Hall–Kier alpha value is -2.77. The Balaban J connectivity index is 2.44. The lowest BCUT2D eigenvalue weighted by Gasteiger charge is -2.03. The van der Waals surface area contributed by atoms with Crippen LogP contribution in [-0.4, -0.2) is 38.1 Å². The highest BCUT2D eigenvalue weighted by Gasteiger charge is 2.13. The first kappa shape index (κ1) is 11.7. The summed E-state index contributed by atoms with van der Waals surface area (Å²) in [5, 5.41) is 8.89. The van der Waals surface area contributed by atoms with Crippen molar-refractivity contribution in [1.29, 1.82) is 0 Å². The van der Waals surface area contributed by atoms with E-state index in [1.165, 1.54) is 25.7 Å². The van der Waals surface area contributed by atoms with Crippen molar-refractivity contribution in [3.05, 3.63) is 24.3 Å². The Morgan fingerprint density at radius 2 is 1.94 bits per heavy atom. The summed E-state index contributed by atoms with van der Waals surface area (Å²) in [6.45, 7) is 0. The van der Waals surface area contributed by atoms with Gasteiger partial charge in [0.05, 0.1) is 19.0 Å². The van der Waals surface area contributed by atoms with Gasteiger partial charge in [-0.15, -0.1) is 0 Å². The molecule has 0 saturated heterocycles. The van der Waals surface area contributed by atoms with Gasteiger partial charge in [0.2, 0.25) is 0 Å². The zero-order chi connectivity index (χ0) is 13.1. The van der Waals surface area contributed by atoms with Crippen LogP contribution in [0.15, 0.2) is 18.6 Å². The highest BCUT2D eigenvalue weighted by atomic mass is 16.5. The molecule has 8 nitrogen and oxygen atoms in total.